The van der Waals surface area contributed by atoms with Crippen molar-refractivity contribution in [3.05, 3.63) is 102 Å². The van der Waals surface area contributed by atoms with E-state index in [2.05, 4.69) is 21.9 Å². The minimum absolute atomic E-state index is 0.541. The molecule has 0 aromatic heterocycles. The molecule has 0 unspecified atom stereocenters. The molecule has 1 aliphatic heterocycles. The van der Waals surface area contributed by atoms with Crippen LogP contribution in [0, 0.1) is 0 Å². The van der Waals surface area contributed by atoms with Gasteiger partial charge in [-0.3, -0.25) is 4.31 Å². The number of hydrogen-bond acceptors (Lipinski definition) is 4. The van der Waals surface area contributed by atoms with Gasteiger partial charge in [0.1, 0.15) is 5.82 Å². The predicted octanol–water partition coefficient (Wildman–Crippen LogP) is 4.23. The van der Waals surface area contributed by atoms with E-state index >= 15 is 0 Å². The summed E-state index contributed by atoms with van der Waals surface area (Å²) in [5.74, 6) is 0.682. The fourth-order valence-corrected chi connectivity index (χ4v) is 4.24. The molecule has 0 saturated carbocycles. The van der Waals surface area contributed by atoms with E-state index in [1.165, 1.54) is 10.6 Å². The van der Waals surface area contributed by atoms with E-state index in [0.717, 1.165) is 22.5 Å². The molecule has 30 heavy (non-hydrogen) atoms. The van der Waals surface area contributed by atoms with Gasteiger partial charge in [-0.2, -0.15) is 0 Å². The lowest BCUT2D eigenvalue weighted by Crippen LogP contribution is -2.49. The molecule has 0 saturated heterocycles. The maximum atomic E-state index is 12.6. The maximum absolute atomic E-state index is 12.6. The van der Waals surface area contributed by atoms with Crippen molar-refractivity contribution in [1.82, 2.24) is 4.31 Å². The third kappa shape index (κ3) is 4.04. The largest absolute Gasteiger partial charge is 0.349 e. The van der Waals surface area contributed by atoms with Crippen LogP contribution in [0.25, 0.3) is 5.57 Å². The molecule has 0 spiro atoms. The second-order valence-corrected chi connectivity index (χ2v) is 9.35. The van der Waals surface area contributed by atoms with Crippen molar-refractivity contribution in [2.75, 3.05) is 36.3 Å². The molecule has 0 fully saturated rings. The topological polar surface area (TPSA) is 43.9 Å². The van der Waals surface area contributed by atoms with Gasteiger partial charge in [-0.15, -0.1) is 0 Å². The van der Waals surface area contributed by atoms with E-state index in [0.29, 0.717) is 19.0 Å². The molecule has 6 heteroatoms. The first kappa shape index (κ1) is 20.0. The SMILES string of the molecule is CN(C1=C(c2ccccc2)CN(c2ccccc2)CN1c1ccccc1)S(C)(=O)=O. The quantitative estimate of drug-likeness (QED) is 0.621. The lowest BCUT2D eigenvalue weighted by Gasteiger charge is -2.43. The van der Waals surface area contributed by atoms with Crippen LogP contribution in [-0.4, -0.2) is 39.2 Å². The normalized spacial score (nSPS) is 14.7. The Kier molecular flexibility index (Phi) is 5.50. The highest BCUT2D eigenvalue weighted by molar-refractivity contribution is 7.88. The zero-order chi connectivity index (χ0) is 21.1. The molecule has 0 radical (unpaired) electrons. The van der Waals surface area contributed by atoms with E-state index in [9.17, 15) is 8.42 Å². The summed E-state index contributed by atoms with van der Waals surface area (Å²) in [7, 11) is -1.82. The summed E-state index contributed by atoms with van der Waals surface area (Å²) in [6.07, 6.45) is 1.25. The van der Waals surface area contributed by atoms with Crippen LogP contribution in [0.4, 0.5) is 11.4 Å². The Morgan fingerprint density at radius 2 is 1.27 bits per heavy atom. The molecule has 154 valence electrons. The average Bonchev–Trinajstić information content (AvgIpc) is 2.79. The molecule has 3 aromatic carbocycles. The van der Waals surface area contributed by atoms with Gasteiger partial charge < -0.3 is 9.80 Å². The lowest BCUT2D eigenvalue weighted by atomic mass is 10.0. The Morgan fingerprint density at radius 3 is 1.80 bits per heavy atom. The van der Waals surface area contributed by atoms with Gasteiger partial charge in [0, 0.05) is 30.5 Å². The Balaban J connectivity index is 1.94. The smallest absolute Gasteiger partial charge is 0.233 e. The third-order valence-electron chi connectivity index (χ3n) is 5.29. The number of hydrogen-bond donors (Lipinski definition) is 0. The van der Waals surface area contributed by atoms with Crippen LogP contribution in [0.3, 0.4) is 0 Å². The van der Waals surface area contributed by atoms with Gasteiger partial charge in [0.05, 0.1) is 12.9 Å². The Labute approximate surface area is 178 Å². The minimum atomic E-state index is -3.45. The summed E-state index contributed by atoms with van der Waals surface area (Å²) in [5, 5.41) is 0. The highest BCUT2D eigenvalue weighted by Gasteiger charge is 2.32. The zero-order valence-electron chi connectivity index (χ0n) is 17.1. The van der Waals surface area contributed by atoms with E-state index in [1.807, 2.05) is 78.9 Å². The Bertz CT molecular complexity index is 1130. The number of nitrogens with zero attached hydrogens (tertiary/aromatic N) is 3. The fraction of sp³-hybridized carbons (Fsp3) is 0.167. The first-order chi connectivity index (χ1) is 14.4. The van der Waals surface area contributed by atoms with Crippen molar-refractivity contribution >= 4 is 27.0 Å². The molecule has 0 N–H and O–H groups in total. The number of rotatable bonds is 5. The number of para-hydroxylation sites is 2. The maximum Gasteiger partial charge on any atom is 0.233 e. The van der Waals surface area contributed by atoms with Gasteiger partial charge >= 0.3 is 0 Å². The monoisotopic (exact) mass is 419 g/mol. The van der Waals surface area contributed by atoms with E-state index < -0.39 is 10.0 Å². The summed E-state index contributed by atoms with van der Waals surface area (Å²) in [6.45, 7) is 1.14. The molecule has 4 rings (SSSR count). The van der Waals surface area contributed by atoms with Crippen LogP contribution >= 0.6 is 0 Å². The van der Waals surface area contributed by atoms with Gasteiger partial charge in [-0.1, -0.05) is 66.7 Å². The highest BCUT2D eigenvalue weighted by atomic mass is 32.2. The predicted molar refractivity (Wildman–Crippen MR) is 124 cm³/mol. The van der Waals surface area contributed by atoms with Crippen LogP contribution in [0.15, 0.2) is 96.8 Å². The Morgan fingerprint density at radius 1 is 0.767 bits per heavy atom. The second kappa shape index (κ2) is 8.24. The van der Waals surface area contributed by atoms with Crippen molar-refractivity contribution < 1.29 is 8.42 Å². The molecule has 5 nitrogen and oxygen atoms in total. The Hall–Kier alpha value is -3.25. The van der Waals surface area contributed by atoms with Crippen molar-refractivity contribution in [2.24, 2.45) is 0 Å². The molecular weight excluding hydrogens is 394 g/mol. The molecule has 0 amide bonds. The number of anilines is 2. The standard InChI is InChI=1S/C24H25N3O2S/c1-25(30(2,28)29)24-23(20-12-6-3-7-13-20)18-26(21-14-8-4-9-15-21)19-27(24)22-16-10-5-11-17-22/h3-17H,18-19H2,1-2H3. The summed E-state index contributed by atoms with van der Waals surface area (Å²) in [6, 6.07) is 30.1. The van der Waals surface area contributed by atoms with Crippen LogP contribution in [0.5, 0.6) is 0 Å². The van der Waals surface area contributed by atoms with E-state index in [-0.39, 0.29) is 0 Å². The lowest BCUT2D eigenvalue weighted by molar-refractivity contribution is 0.514. The van der Waals surface area contributed by atoms with E-state index in [1.54, 1.807) is 7.05 Å². The first-order valence-electron chi connectivity index (χ1n) is 9.80. The van der Waals surface area contributed by atoms with Gasteiger partial charge in [0.25, 0.3) is 0 Å². The summed E-state index contributed by atoms with van der Waals surface area (Å²) >= 11 is 0. The van der Waals surface area contributed by atoms with Crippen LogP contribution < -0.4 is 9.80 Å². The van der Waals surface area contributed by atoms with Crippen molar-refractivity contribution in [1.29, 1.82) is 0 Å². The molecular formula is C24H25N3O2S. The van der Waals surface area contributed by atoms with Crippen molar-refractivity contribution in [3.8, 4) is 0 Å². The average molecular weight is 420 g/mol. The van der Waals surface area contributed by atoms with Crippen LogP contribution in [0.1, 0.15) is 5.56 Å². The van der Waals surface area contributed by atoms with Gasteiger partial charge in [0.15, 0.2) is 0 Å². The first-order valence-corrected chi connectivity index (χ1v) is 11.6. The molecule has 0 atom stereocenters. The third-order valence-corrected chi connectivity index (χ3v) is 6.46. The molecule has 3 aromatic rings. The minimum Gasteiger partial charge on any atom is -0.349 e. The number of sulfonamides is 1. The molecule has 1 aliphatic rings. The van der Waals surface area contributed by atoms with Crippen LogP contribution in [0.2, 0.25) is 0 Å². The molecule has 0 bridgehead atoms. The van der Waals surface area contributed by atoms with Crippen molar-refractivity contribution in [3.63, 3.8) is 0 Å². The fourth-order valence-electron chi connectivity index (χ4n) is 3.71. The molecule has 1 heterocycles. The molecule has 0 aliphatic carbocycles. The highest BCUT2D eigenvalue weighted by Crippen LogP contribution is 2.35. The summed E-state index contributed by atoms with van der Waals surface area (Å²) in [4.78, 5) is 4.33. The number of benzene rings is 3. The summed E-state index contributed by atoms with van der Waals surface area (Å²) in [5.41, 5.74) is 4.00. The van der Waals surface area contributed by atoms with Gasteiger partial charge in [0.2, 0.25) is 10.0 Å². The zero-order valence-corrected chi connectivity index (χ0v) is 18.0. The van der Waals surface area contributed by atoms with Crippen LogP contribution in [-0.2, 0) is 10.0 Å². The summed E-state index contributed by atoms with van der Waals surface area (Å²) < 4.78 is 26.6. The van der Waals surface area contributed by atoms with Gasteiger partial charge in [-0.25, -0.2) is 8.42 Å². The van der Waals surface area contributed by atoms with Gasteiger partial charge in [-0.05, 0) is 29.8 Å². The van der Waals surface area contributed by atoms with Crippen molar-refractivity contribution in [2.45, 2.75) is 0 Å². The second-order valence-electron chi connectivity index (χ2n) is 7.34. The van der Waals surface area contributed by atoms with E-state index in [4.69, 9.17) is 0 Å².